The normalized spacial score (nSPS) is 12.2. The Kier molecular flexibility index (Phi) is 5.23. The standard InChI is InChI=1S/C20H20FN3OS/c1-4-25-19(18(22)13-5-8-15(21)9-6-13)14-7-10-16-17(11-14)26-20(24-16)23-12(2)3/h4-12H,1,22H2,2-3H3,(H,23,24)/b19-18-. The number of hydrogen-bond donors (Lipinski definition) is 2. The van der Waals surface area contributed by atoms with Gasteiger partial charge >= 0.3 is 0 Å². The highest BCUT2D eigenvalue weighted by molar-refractivity contribution is 7.22. The molecule has 2 aromatic carbocycles. The first-order valence-corrected chi connectivity index (χ1v) is 9.00. The van der Waals surface area contributed by atoms with Crippen LogP contribution in [0.15, 0.2) is 55.3 Å². The molecule has 0 bridgehead atoms. The zero-order chi connectivity index (χ0) is 18.7. The zero-order valence-electron chi connectivity index (χ0n) is 14.6. The van der Waals surface area contributed by atoms with Crippen LogP contribution >= 0.6 is 11.3 Å². The zero-order valence-corrected chi connectivity index (χ0v) is 15.4. The Bertz CT molecular complexity index is 961. The number of nitrogens with two attached hydrogens (primary N) is 1. The summed E-state index contributed by atoms with van der Waals surface area (Å²) in [5.74, 6) is 0.157. The van der Waals surface area contributed by atoms with Gasteiger partial charge in [0.25, 0.3) is 0 Å². The molecule has 0 unspecified atom stereocenters. The molecule has 4 nitrogen and oxygen atoms in total. The number of hydrogen-bond acceptors (Lipinski definition) is 5. The Morgan fingerprint density at radius 1 is 1.23 bits per heavy atom. The second-order valence-electron chi connectivity index (χ2n) is 6.03. The monoisotopic (exact) mass is 369 g/mol. The summed E-state index contributed by atoms with van der Waals surface area (Å²) in [4.78, 5) is 4.57. The number of aromatic nitrogens is 1. The number of benzene rings is 2. The van der Waals surface area contributed by atoms with Gasteiger partial charge in [-0.15, -0.1) is 0 Å². The predicted molar refractivity (Wildman–Crippen MR) is 107 cm³/mol. The van der Waals surface area contributed by atoms with Gasteiger partial charge in [0.15, 0.2) is 10.9 Å². The Labute approximate surface area is 155 Å². The summed E-state index contributed by atoms with van der Waals surface area (Å²) in [6, 6.07) is 12.1. The lowest BCUT2D eigenvalue weighted by molar-refractivity contribution is 0.439. The summed E-state index contributed by atoms with van der Waals surface area (Å²) in [5, 5.41) is 4.18. The minimum atomic E-state index is -0.316. The number of thiazole rings is 1. The van der Waals surface area contributed by atoms with Crippen molar-refractivity contribution in [3.05, 3.63) is 72.2 Å². The first-order valence-electron chi connectivity index (χ1n) is 8.18. The molecule has 0 amide bonds. The van der Waals surface area contributed by atoms with Crippen molar-refractivity contribution in [3.8, 4) is 0 Å². The van der Waals surface area contributed by atoms with E-state index >= 15 is 0 Å². The Balaban J connectivity index is 2.05. The van der Waals surface area contributed by atoms with Gasteiger partial charge in [0.05, 0.1) is 22.2 Å². The van der Waals surface area contributed by atoms with E-state index in [1.54, 1.807) is 23.5 Å². The maximum absolute atomic E-state index is 13.2. The number of nitrogens with zero attached hydrogens (tertiary/aromatic N) is 1. The average molecular weight is 369 g/mol. The molecule has 6 heteroatoms. The fourth-order valence-corrected chi connectivity index (χ4v) is 3.56. The van der Waals surface area contributed by atoms with Gasteiger partial charge < -0.3 is 15.8 Å². The lowest BCUT2D eigenvalue weighted by Crippen LogP contribution is -2.08. The molecule has 3 rings (SSSR count). The summed E-state index contributed by atoms with van der Waals surface area (Å²) >= 11 is 1.57. The van der Waals surface area contributed by atoms with Crippen molar-refractivity contribution in [2.24, 2.45) is 5.73 Å². The molecule has 0 saturated carbocycles. The first-order chi connectivity index (χ1) is 12.5. The number of rotatable bonds is 6. The van der Waals surface area contributed by atoms with Crippen molar-refractivity contribution >= 4 is 38.1 Å². The van der Waals surface area contributed by atoms with E-state index < -0.39 is 0 Å². The third kappa shape index (κ3) is 3.86. The van der Waals surface area contributed by atoms with Crippen LogP contribution in [0.3, 0.4) is 0 Å². The van der Waals surface area contributed by atoms with Crippen molar-refractivity contribution in [2.45, 2.75) is 19.9 Å². The molecule has 0 radical (unpaired) electrons. The highest BCUT2D eigenvalue weighted by Crippen LogP contribution is 2.31. The van der Waals surface area contributed by atoms with Gasteiger partial charge in [0.1, 0.15) is 5.82 Å². The van der Waals surface area contributed by atoms with E-state index in [1.807, 2.05) is 18.2 Å². The number of ether oxygens (including phenoxy) is 1. The molecule has 1 aromatic heterocycles. The molecule has 0 aliphatic carbocycles. The fourth-order valence-electron chi connectivity index (χ4n) is 2.51. The largest absolute Gasteiger partial charge is 0.463 e. The van der Waals surface area contributed by atoms with Crippen LogP contribution in [0.1, 0.15) is 25.0 Å². The van der Waals surface area contributed by atoms with Crippen LogP contribution < -0.4 is 11.1 Å². The lowest BCUT2D eigenvalue weighted by atomic mass is 10.1. The second-order valence-corrected chi connectivity index (χ2v) is 7.07. The second kappa shape index (κ2) is 7.58. The van der Waals surface area contributed by atoms with Crippen LogP contribution in [-0.2, 0) is 4.74 Å². The molecule has 0 spiro atoms. The molecule has 3 aromatic rings. The van der Waals surface area contributed by atoms with Gasteiger partial charge in [0.2, 0.25) is 0 Å². The van der Waals surface area contributed by atoms with Crippen LogP contribution in [-0.4, -0.2) is 11.0 Å². The van der Waals surface area contributed by atoms with Gasteiger partial charge in [-0.25, -0.2) is 9.37 Å². The predicted octanol–water partition coefficient (Wildman–Crippen LogP) is 5.20. The van der Waals surface area contributed by atoms with E-state index in [2.05, 4.69) is 30.7 Å². The summed E-state index contributed by atoms with van der Waals surface area (Å²) in [5.41, 5.74) is 9.08. The van der Waals surface area contributed by atoms with Gasteiger partial charge in [-0.2, -0.15) is 0 Å². The Hall–Kier alpha value is -2.86. The SMILES string of the molecule is C=CO/C(=C(\N)c1ccc(F)cc1)c1ccc2nc(NC(C)C)sc2c1. The van der Waals surface area contributed by atoms with E-state index in [0.717, 1.165) is 20.9 Å². The molecule has 0 fully saturated rings. The van der Waals surface area contributed by atoms with Gasteiger partial charge in [-0.05, 0) is 56.3 Å². The maximum Gasteiger partial charge on any atom is 0.183 e. The van der Waals surface area contributed by atoms with Gasteiger partial charge in [0, 0.05) is 17.2 Å². The van der Waals surface area contributed by atoms with Crippen LogP contribution in [0.25, 0.3) is 21.7 Å². The van der Waals surface area contributed by atoms with Crippen LogP contribution in [0.2, 0.25) is 0 Å². The molecule has 0 aliphatic heterocycles. The van der Waals surface area contributed by atoms with Crippen molar-refractivity contribution in [3.63, 3.8) is 0 Å². The first kappa shape index (κ1) is 17.9. The highest BCUT2D eigenvalue weighted by Gasteiger charge is 2.13. The maximum atomic E-state index is 13.2. The molecule has 3 N–H and O–H groups in total. The average Bonchev–Trinajstić information content (AvgIpc) is 3.00. The van der Waals surface area contributed by atoms with E-state index in [4.69, 9.17) is 10.5 Å². The fraction of sp³-hybridized carbons (Fsp3) is 0.150. The lowest BCUT2D eigenvalue weighted by Gasteiger charge is -2.11. The molecule has 1 heterocycles. The minimum absolute atomic E-state index is 0.309. The topological polar surface area (TPSA) is 60.2 Å². The summed E-state index contributed by atoms with van der Waals surface area (Å²) in [6.07, 6.45) is 1.33. The molecular formula is C20H20FN3OS. The smallest absolute Gasteiger partial charge is 0.183 e. The van der Waals surface area contributed by atoms with Crippen molar-refractivity contribution in [2.75, 3.05) is 5.32 Å². The molecule has 0 atom stereocenters. The van der Waals surface area contributed by atoms with E-state index in [-0.39, 0.29) is 5.82 Å². The minimum Gasteiger partial charge on any atom is -0.463 e. The van der Waals surface area contributed by atoms with Crippen molar-refractivity contribution < 1.29 is 9.13 Å². The van der Waals surface area contributed by atoms with Crippen LogP contribution in [0, 0.1) is 5.82 Å². The van der Waals surface area contributed by atoms with Crippen LogP contribution in [0.5, 0.6) is 0 Å². The molecule has 0 aliphatic rings. The number of halogens is 1. The third-order valence-corrected chi connectivity index (χ3v) is 4.61. The summed E-state index contributed by atoms with van der Waals surface area (Å²) < 4.78 is 19.8. The number of anilines is 1. The van der Waals surface area contributed by atoms with Gasteiger partial charge in [-0.1, -0.05) is 17.9 Å². The van der Waals surface area contributed by atoms with E-state index in [0.29, 0.717) is 23.1 Å². The molecule has 134 valence electrons. The number of fused-ring (bicyclic) bond motifs is 1. The molecular weight excluding hydrogens is 349 g/mol. The summed E-state index contributed by atoms with van der Waals surface area (Å²) in [7, 11) is 0. The van der Waals surface area contributed by atoms with Crippen LogP contribution in [0.4, 0.5) is 9.52 Å². The summed E-state index contributed by atoms with van der Waals surface area (Å²) in [6.45, 7) is 7.76. The number of nitrogens with one attached hydrogen (secondary N) is 1. The van der Waals surface area contributed by atoms with E-state index in [9.17, 15) is 4.39 Å². The highest BCUT2D eigenvalue weighted by atomic mass is 32.1. The molecule has 0 saturated heterocycles. The van der Waals surface area contributed by atoms with Gasteiger partial charge in [-0.3, -0.25) is 0 Å². The van der Waals surface area contributed by atoms with Crippen molar-refractivity contribution in [1.29, 1.82) is 0 Å². The van der Waals surface area contributed by atoms with E-state index in [1.165, 1.54) is 18.4 Å². The Morgan fingerprint density at radius 3 is 2.58 bits per heavy atom. The molecule has 26 heavy (non-hydrogen) atoms. The quantitative estimate of drug-likeness (QED) is 0.463. The third-order valence-electron chi connectivity index (χ3n) is 3.66. The Morgan fingerprint density at radius 2 is 1.92 bits per heavy atom. The van der Waals surface area contributed by atoms with Crippen molar-refractivity contribution in [1.82, 2.24) is 4.98 Å².